The van der Waals surface area contributed by atoms with E-state index < -0.39 is 0 Å². The molecule has 1 unspecified atom stereocenters. The van der Waals surface area contributed by atoms with Crippen LogP contribution in [0.15, 0.2) is 47.6 Å². The van der Waals surface area contributed by atoms with Gasteiger partial charge in [-0.3, -0.25) is 14.6 Å². The number of hydrogen-bond acceptors (Lipinski definition) is 7. The molecule has 34 heavy (non-hydrogen) atoms. The van der Waals surface area contributed by atoms with Crippen LogP contribution >= 0.6 is 0 Å². The Morgan fingerprint density at radius 2 is 1.94 bits per heavy atom. The van der Waals surface area contributed by atoms with Gasteiger partial charge in [-0.2, -0.15) is 5.10 Å². The zero-order valence-corrected chi connectivity index (χ0v) is 19.7. The van der Waals surface area contributed by atoms with E-state index in [0.717, 1.165) is 36.3 Å². The van der Waals surface area contributed by atoms with Crippen molar-refractivity contribution in [2.75, 3.05) is 51.5 Å². The fourth-order valence-electron chi connectivity index (χ4n) is 4.07. The molecule has 0 radical (unpaired) electrons. The maximum absolute atomic E-state index is 13.1. The molecule has 8 nitrogen and oxygen atoms in total. The van der Waals surface area contributed by atoms with Crippen molar-refractivity contribution < 1.29 is 23.8 Å². The number of carbonyl (C=O) groups excluding carboxylic acids is 2. The molecule has 0 aliphatic carbocycles. The summed E-state index contributed by atoms with van der Waals surface area (Å²) in [6.07, 6.45) is 2.89. The molecule has 2 aliphatic heterocycles. The molecule has 180 valence electrons. The van der Waals surface area contributed by atoms with E-state index in [1.165, 1.54) is 0 Å². The Morgan fingerprint density at radius 1 is 1.18 bits per heavy atom. The van der Waals surface area contributed by atoms with Crippen molar-refractivity contribution in [3.63, 3.8) is 0 Å². The highest BCUT2D eigenvalue weighted by Crippen LogP contribution is 2.30. The van der Waals surface area contributed by atoms with Gasteiger partial charge in [0.05, 0.1) is 52.2 Å². The lowest BCUT2D eigenvalue weighted by Crippen LogP contribution is -2.32. The fraction of sp³-hybridized carbons (Fsp3) is 0.423. The lowest BCUT2D eigenvalue weighted by molar-refractivity contribution is -0.144. The Kier molecular flexibility index (Phi) is 7.80. The Balaban J connectivity index is 1.37. The maximum atomic E-state index is 13.1. The number of benzene rings is 2. The van der Waals surface area contributed by atoms with Gasteiger partial charge in [-0.15, -0.1) is 0 Å². The van der Waals surface area contributed by atoms with Gasteiger partial charge in [0, 0.05) is 24.2 Å². The van der Waals surface area contributed by atoms with Crippen LogP contribution in [0.3, 0.4) is 0 Å². The van der Waals surface area contributed by atoms with Crippen LogP contribution in [0.4, 0.5) is 5.69 Å². The van der Waals surface area contributed by atoms with Crippen molar-refractivity contribution in [3.05, 3.63) is 59.2 Å². The Labute approximate surface area is 200 Å². The minimum absolute atomic E-state index is 0.0843. The molecule has 0 bridgehead atoms. The number of anilines is 1. The summed E-state index contributed by atoms with van der Waals surface area (Å²) in [4.78, 5) is 26.5. The summed E-state index contributed by atoms with van der Waals surface area (Å²) in [5.41, 5.74) is 3.32. The summed E-state index contributed by atoms with van der Waals surface area (Å²) in [6.45, 7) is 5.61. The third kappa shape index (κ3) is 5.94. The number of fused-ring (bicyclic) bond motifs is 1. The first kappa shape index (κ1) is 23.8. The minimum Gasteiger partial charge on any atom is -0.493 e. The van der Waals surface area contributed by atoms with Crippen molar-refractivity contribution >= 4 is 23.8 Å². The summed E-state index contributed by atoms with van der Waals surface area (Å²) in [6, 6.07) is 13.2. The molecule has 0 aromatic heterocycles. The van der Waals surface area contributed by atoms with Crippen molar-refractivity contribution in [2.24, 2.45) is 11.0 Å². The van der Waals surface area contributed by atoms with Crippen LogP contribution in [0, 0.1) is 5.92 Å². The largest absolute Gasteiger partial charge is 0.493 e. The second kappa shape index (κ2) is 11.2. The highest BCUT2D eigenvalue weighted by Gasteiger charge is 2.24. The van der Waals surface area contributed by atoms with Crippen molar-refractivity contribution in [3.8, 4) is 5.75 Å². The predicted octanol–water partition coefficient (Wildman–Crippen LogP) is 3.13. The zero-order valence-electron chi connectivity index (χ0n) is 19.7. The standard InChI is InChI=1S/C26H31N3O5/c1-3-33-25(30)15-20-14-21-6-7-22(16-24(21)34-18-20)26(31)28(2)23-8-4-19(5-9-23)17-27-29-10-12-32-13-11-29/h4-9,16-17,20H,3,10-15,18H2,1-2H3. The summed E-state index contributed by atoms with van der Waals surface area (Å²) in [7, 11) is 1.76. The molecule has 1 amide bonds. The lowest BCUT2D eigenvalue weighted by Gasteiger charge is -2.25. The number of hydrazone groups is 1. The summed E-state index contributed by atoms with van der Waals surface area (Å²) < 4.78 is 16.3. The second-order valence-corrected chi connectivity index (χ2v) is 8.48. The molecule has 0 saturated carbocycles. The summed E-state index contributed by atoms with van der Waals surface area (Å²) >= 11 is 0. The molecule has 2 aromatic carbocycles. The molecule has 1 fully saturated rings. The number of morpholine rings is 1. The number of nitrogens with zero attached hydrogens (tertiary/aromatic N) is 3. The molecule has 0 spiro atoms. The smallest absolute Gasteiger partial charge is 0.306 e. The van der Waals surface area contributed by atoms with E-state index in [-0.39, 0.29) is 17.8 Å². The SMILES string of the molecule is CCOC(=O)CC1COc2cc(C(=O)N(C)c3ccc(C=NN4CCOCC4)cc3)ccc2C1. The first-order valence-electron chi connectivity index (χ1n) is 11.7. The van der Waals surface area contributed by atoms with Crippen LogP contribution in [-0.4, -0.2) is 69.7 Å². The highest BCUT2D eigenvalue weighted by atomic mass is 16.5. The highest BCUT2D eigenvalue weighted by molar-refractivity contribution is 6.06. The number of ether oxygens (including phenoxy) is 3. The monoisotopic (exact) mass is 465 g/mol. The minimum atomic E-state index is -0.202. The van der Waals surface area contributed by atoms with Gasteiger partial charge in [0.1, 0.15) is 5.75 Å². The first-order chi connectivity index (χ1) is 16.5. The second-order valence-electron chi connectivity index (χ2n) is 8.48. The molecule has 2 aromatic rings. The van der Waals surface area contributed by atoms with Gasteiger partial charge in [0.25, 0.3) is 5.91 Å². The normalized spacial score (nSPS) is 17.7. The van der Waals surface area contributed by atoms with Crippen molar-refractivity contribution in [1.82, 2.24) is 5.01 Å². The van der Waals surface area contributed by atoms with E-state index in [1.807, 2.05) is 47.6 Å². The molecule has 8 heteroatoms. The number of hydrogen-bond donors (Lipinski definition) is 0. The van der Waals surface area contributed by atoms with Gasteiger partial charge in [-0.1, -0.05) is 18.2 Å². The van der Waals surface area contributed by atoms with Crippen LogP contribution in [0.1, 0.15) is 34.8 Å². The first-order valence-corrected chi connectivity index (χ1v) is 11.7. The quantitative estimate of drug-likeness (QED) is 0.462. The van der Waals surface area contributed by atoms with E-state index in [9.17, 15) is 9.59 Å². The van der Waals surface area contributed by atoms with E-state index in [0.29, 0.717) is 44.2 Å². The average Bonchev–Trinajstić information content (AvgIpc) is 2.87. The Bertz CT molecular complexity index is 1030. The Morgan fingerprint density at radius 3 is 2.68 bits per heavy atom. The number of rotatable bonds is 7. The van der Waals surface area contributed by atoms with E-state index >= 15 is 0 Å². The molecular weight excluding hydrogens is 434 g/mol. The number of esters is 1. The lowest BCUT2D eigenvalue weighted by atomic mass is 9.93. The topological polar surface area (TPSA) is 80.7 Å². The number of carbonyl (C=O) groups is 2. The van der Waals surface area contributed by atoms with Gasteiger partial charge in [0.15, 0.2) is 0 Å². The van der Waals surface area contributed by atoms with Crippen LogP contribution < -0.4 is 9.64 Å². The molecule has 1 atom stereocenters. The zero-order chi connectivity index (χ0) is 23.9. The van der Waals surface area contributed by atoms with Crippen molar-refractivity contribution in [1.29, 1.82) is 0 Å². The average molecular weight is 466 g/mol. The summed E-state index contributed by atoms with van der Waals surface area (Å²) in [5.74, 6) is 0.469. The van der Waals surface area contributed by atoms with E-state index in [2.05, 4.69) is 5.10 Å². The summed E-state index contributed by atoms with van der Waals surface area (Å²) in [5, 5.41) is 6.48. The fourth-order valence-corrected chi connectivity index (χ4v) is 4.07. The third-order valence-corrected chi connectivity index (χ3v) is 6.00. The van der Waals surface area contributed by atoms with E-state index in [1.54, 1.807) is 24.9 Å². The van der Waals surface area contributed by atoms with E-state index in [4.69, 9.17) is 14.2 Å². The predicted molar refractivity (Wildman–Crippen MR) is 130 cm³/mol. The van der Waals surface area contributed by atoms with Gasteiger partial charge in [-0.25, -0.2) is 0 Å². The van der Waals surface area contributed by atoms with Crippen molar-refractivity contribution in [2.45, 2.75) is 19.8 Å². The van der Waals surface area contributed by atoms with Crippen LogP contribution in [0.25, 0.3) is 0 Å². The third-order valence-electron chi connectivity index (χ3n) is 6.00. The molecule has 2 heterocycles. The van der Waals surface area contributed by atoms with Crippen LogP contribution in [0.2, 0.25) is 0 Å². The van der Waals surface area contributed by atoms with Gasteiger partial charge in [0.2, 0.25) is 0 Å². The van der Waals surface area contributed by atoms with Crippen LogP contribution in [-0.2, 0) is 20.7 Å². The maximum Gasteiger partial charge on any atom is 0.306 e. The molecular formula is C26H31N3O5. The van der Waals surface area contributed by atoms with Gasteiger partial charge in [-0.05, 0) is 48.7 Å². The molecule has 1 saturated heterocycles. The van der Waals surface area contributed by atoms with Gasteiger partial charge >= 0.3 is 5.97 Å². The molecule has 0 N–H and O–H groups in total. The molecule has 2 aliphatic rings. The van der Waals surface area contributed by atoms with Crippen LogP contribution in [0.5, 0.6) is 5.75 Å². The number of amides is 1. The molecule has 4 rings (SSSR count). The van der Waals surface area contributed by atoms with Gasteiger partial charge < -0.3 is 19.1 Å². The Hall–Kier alpha value is -3.39.